The van der Waals surface area contributed by atoms with Crippen molar-refractivity contribution in [3.8, 4) is 6.07 Å². The van der Waals surface area contributed by atoms with Crippen LogP contribution in [0.15, 0.2) is 24.3 Å². The lowest BCUT2D eigenvalue weighted by Crippen LogP contribution is -2.10. The average molecular weight is 299 g/mol. The van der Waals surface area contributed by atoms with Crippen molar-refractivity contribution in [3.63, 3.8) is 0 Å². The number of benzene rings is 1. The Kier molecular flexibility index (Phi) is 4.73. The van der Waals surface area contributed by atoms with Crippen LogP contribution in [0.2, 0.25) is 0 Å². The molecular weight excluding hydrogens is 282 g/mol. The number of nitriles is 1. The van der Waals surface area contributed by atoms with E-state index in [-0.39, 0.29) is 5.69 Å². The van der Waals surface area contributed by atoms with Crippen LogP contribution in [0.5, 0.6) is 0 Å². The molecule has 0 bridgehead atoms. The number of anilines is 1. The molecule has 1 aromatic heterocycles. The third-order valence-electron chi connectivity index (χ3n) is 3.29. The van der Waals surface area contributed by atoms with Gasteiger partial charge in [-0.05, 0) is 38.5 Å². The Morgan fingerprint density at radius 2 is 2.18 bits per heavy atom. The largest absolute Gasteiger partial charge is 0.379 e. The molecule has 0 saturated carbocycles. The van der Waals surface area contributed by atoms with Gasteiger partial charge < -0.3 is 5.32 Å². The second-order valence-electron chi connectivity index (χ2n) is 5.03. The van der Waals surface area contributed by atoms with Crippen molar-refractivity contribution in [3.05, 3.63) is 51.3 Å². The van der Waals surface area contributed by atoms with Crippen LogP contribution in [0.3, 0.4) is 0 Å². The van der Waals surface area contributed by atoms with Crippen molar-refractivity contribution in [1.82, 2.24) is 9.78 Å². The molecule has 0 aliphatic rings. The zero-order valence-electron chi connectivity index (χ0n) is 12.5. The van der Waals surface area contributed by atoms with E-state index in [2.05, 4.69) is 10.4 Å². The van der Waals surface area contributed by atoms with E-state index in [0.717, 1.165) is 24.4 Å². The highest BCUT2D eigenvalue weighted by molar-refractivity contribution is 5.64. The molecular formula is C15H17N5O2. The van der Waals surface area contributed by atoms with Crippen LogP contribution in [0.4, 0.5) is 11.4 Å². The number of nitro groups is 1. The Morgan fingerprint density at radius 1 is 1.41 bits per heavy atom. The highest BCUT2D eigenvalue weighted by Crippen LogP contribution is 2.25. The molecule has 0 spiro atoms. The summed E-state index contributed by atoms with van der Waals surface area (Å²) in [5.41, 5.74) is 2.81. The molecule has 1 heterocycles. The molecule has 0 aliphatic carbocycles. The zero-order chi connectivity index (χ0) is 16.1. The van der Waals surface area contributed by atoms with Gasteiger partial charge in [-0.25, -0.2) is 0 Å². The summed E-state index contributed by atoms with van der Waals surface area (Å²) in [7, 11) is 0. The third kappa shape index (κ3) is 3.61. The fourth-order valence-electron chi connectivity index (χ4n) is 2.26. The molecule has 0 saturated heterocycles. The molecule has 0 aliphatic heterocycles. The molecule has 7 heteroatoms. The van der Waals surface area contributed by atoms with E-state index in [4.69, 9.17) is 5.26 Å². The van der Waals surface area contributed by atoms with E-state index in [9.17, 15) is 10.1 Å². The standard InChI is InChI=1S/C15H17N5O2/c1-11-8-12(2)19(18-11)7-3-6-17-14-9-13(10-16)4-5-15(14)20(21)22/h4-5,8-9,17H,3,6-7H2,1-2H3. The monoisotopic (exact) mass is 299 g/mol. The summed E-state index contributed by atoms with van der Waals surface area (Å²) in [5.74, 6) is 0. The third-order valence-corrected chi connectivity index (χ3v) is 3.29. The maximum Gasteiger partial charge on any atom is 0.292 e. The molecule has 0 unspecified atom stereocenters. The van der Waals surface area contributed by atoms with Crippen LogP contribution in [-0.2, 0) is 6.54 Å². The number of rotatable bonds is 6. The van der Waals surface area contributed by atoms with E-state index in [0.29, 0.717) is 17.8 Å². The molecule has 2 aromatic rings. The van der Waals surface area contributed by atoms with Gasteiger partial charge in [-0.1, -0.05) is 0 Å². The lowest BCUT2D eigenvalue weighted by atomic mass is 10.2. The van der Waals surface area contributed by atoms with Gasteiger partial charge in [0, 0.05) is 24.8 Å². The molecule has 0 amide bonds. The van der Waals surface area contributed by atoms with Crippen molar-refractivity contribution >= 4 is 11.4 Å². The Labute approximate surface area is 128 Å². The Hall–Kier alpha value is -2.88. The topological polar surface area (TPSA) is 96.8 Å². The van der Waals surface area contributed by atoms with E-state index in [1.165, 1.54) is 18.2 Å². The molecule has 7 nitrogen and oxygen atoms in total. The Balaban J connectivity index is 1.98. The first kappa shape index (κ1) is 15.5. The van der Waals surface area contributed by atoms with Crippen molar-refractivity contribution in [2.45, 2.75) is 26.8 Å². The number of nitro benzene ring substituents is 1. The van der Waals surface area contributed by atoms with Gasteiger partial charge in [-0.3, -0.25) is 14.8 Å². The summed E-state index contributed by atoms with van der Waals surface area (Å²) in [5, 5.41) is 27.3. The van der Waals surface area contributed by atoms with Gasteiger partial charge >= 0.3 is 0 Å². The molecule has 1 aromatic carbocycles. The highest BCUT2D eigenvalue weighted by Gasteiger charge is 2.13. The van der Waals surface area contributed by atoms with Crippen LogP contribution in [0.1, 0.15) is 23.4 Å². The first-order chi connectivity index (χ1) is 10.5. The molecule has 0 fully saturated rings. The maximum atomic E-state index is 11.0. The highest BCUT2D eigenvalue weighted by atomic mass is 16.6. The van der Waals surface area contributed by atoms with E-state index in [1.807, 2.05) is 30.7 Å². The predicted octanol–water partition coefficient (Wildman–Crippen LogP) is 2.78. The van der Waals surface area contributed by atoms with Gasteiger partial charge in [0.05, 0.1) is 22.2 Å². The fourth-order valence-corrected chi connectivity index (χ4v) is 2.26. The van der Waals surface area contributed by atoms with Gasteiger partial charge in [0.1, 0.15) is 5.69 Å². The van der Waals surface area contributed by atoms with Crippen LogP contribution in [0.25, 0.3) is 0 Å². The van der Waals surface area contributed by atoms with E-state index >= 15 is 0 Å². The molecule has 0 atom stereocenters. The maximum absolute atomic E-state index is 11.0. The van der Waals surface area contributed by atoms with Crippen molar-refractivity contribution in [1.29, 1.82) is 5.26 Å². The van der Waals surface area contributed by atoms with Crippen LogP contribution < -0.4 is 5.32 Å². The zero-order valence-corrected chi connectivity index (χ0v) is 12.5. The average Bonchev–Trinajstić information content (AvgIpc) is 2.81. The predicted molar refractivity (Wildman–Crippen MR) is 82.6 cm³/mol. The lowest BCUT2D eigenvalue weighted by Gasteiger charge is -2.08. The van der Waals surface area contributed by atoms with Crippen molar-refractivity contribution in [2.24, 2.45) is 0 Å². The van der Waals surface area contributed by atoms with Crippen molar-refractivity contribution in [2.75, 3.05) is 11.9 Å². The Morgan fingerprint density at radius 3 is 2.77 bits per heavy atom. The molecule has 1 N–H and O–H groups in total. The smallest absolute Gasteiger partial charge is 0.292 e. The quantitative estimate of drug-likeness (QED) is 0.502. The van der Waals surface area contributed by atoms with Gasteiger partial charge in [0.15, 0.2) is 0 Å². The first-order valence-electron chi connectivity index (χ1n) is 6.94. The van der Waals surface area contributed by atoms with Gasteiger partial charge in [0.2, 0.25) is 0 Å². The summed E-state index contributed by atoms with van der Waals surface area (Å²) in [6, 6.07) is 8.29. The van der Waals surface area contributed by atoms with Gasteiger partial charge in [0.25, 0.3) is 5.69 Å². The Bertz CT molecular complexity index is 730. The van der Waals surface area contributed by atoms with Crippen LogP contribution >= 0.6 is 0 Å². The number of nitrogens with one attached hydrogen (secondary N) is 1. The van der Waals surface area contributed by atoms with E-state index < -0.39 is 4.92 Å². The number of hydrogen-bond acceptors (Lipinski definition) is 5. The summed E-state index contributed by atoms with van der Waals surface area (Å²) in [6.45, 7) is 5.24. The van der Waals surface area contributed by atoms with Crippen LogP contribution in [0, 0.1) is 35.3 Å². The summed E-state index contributed by atoms with van der Waals surface area (Å²) in [4.78, 5) is 10.5. The van der Waals surface area contributed by atoms with E-state index in [1.54, 1.807) is 0 Å². The minimum Gasteiger partial charge on any atom is -0.379 e. The second-order valence-corrected chi connectivity index (χ2v) is 5.03. The minimum atomic E-state index is -0.454. The number of aryl methyl sites for hydroxylation is 3. The second kappa shape index (κ2) is 6.72. The molecule has 114 valence electrons. The number of nitrogens with zero attached hydrogens (tertiary/aromatic N) is 4. The summed E-state index contributed by atoms with van der Waals surface area (Å²) < 4.78 is 1.91. The number of aromatic nitrogens is 2. The summed E-state index contributed by atoms with van der Waals surface area (Å²) >= 11 is 0. The summed E-state index contributed by atoms with van der Waals surface area (Å²) in [6.07, 6.45) is 0.774. The van der Waals surface area contributed by atoms with Gasteiger partial charge in [-0.15, -0.1) is 0 Å². The molecule has 22 heavy (non-hydrogen) atoms. The SMILES string of the molecule is Cc1cc(C)n(CCCNc2cc(C#N)ccc2[N+](=O)[O-])n1. The molecule has 0 radical (unpaired) electrons. The van der Waals surface area contributed by atoms with Crippen molar-refractivity contribution < 1.29 is 4.92 Å². The van der Waals surface area contributed by atoms with Crippen LogP contribution in [-0.4, -0.2) is 21.2 Å². The molecule has 2 rings (SSSR count). The fraction of sp³-hybridized carbons (Fsp3) is 0.333. The first-order valence-corrected chi connectivity index (χ1v) is 6.94. The normalized spacial score (nSPS) is 10.2. The minimum absolute atomic E-state index is 0.0230. The van der Waals surface area contributed by atoms with Gasteiger partial charge in [-0.2, -0.15) is 10.4 Å². The lowest BCUT2D eigenvalue weighted by molar-refractivity contribution is -0.384. The number of hydrogen-bond donors (Lipinski definition) is 1.